The summed E-state index contributed by atoms with van der Waals surface area (Å²) in [7, 11) is -1.33. The summed E-state index contributed by atoms with van der Waals surface area (Å²) in [6, 6.07) is 4.63. The summed E-state index contributed by atoms with van der Waals surface area (Å²) in [5, 5.41) is 0. The first kappa shape index (κ1) is 21.7. The molecule has 1 heterocycles. The number of hydrogen-bond donors (Lipinski definition) is 0. The third-order valence-corrected chi connectivity index (χ3v) is 5.95. The first-order chi connectivity index (χ1) is 11.7. The van der Waals surface area contributed by atoms with E-state index >= 15 is 0 Å². The highest BCUT2D eigenvalue weighted by Gasteiger charge is 2.35. The summed E-state index contributed by atoms with van der Waals surface area (Å²) >= 11 is 0. The van der Waals surface area contributed by atoms with E-state index in [1.165, 1.54) is 16.7 Å². The van der Waals surface area contributed by atoms with Crippen LogP contribution in [-0.2, 0) is 25.3 Å². The van der Waals surface area contributed by atoms with Gasteiger partial charge in [-0.1, -0.05) is 81.4 Å². The van der Waals surface area contributed by atoms with Crippen LogP contribution >= 0.6 is 8.60 Å². The van der Waals surface area contributed by atoms with Crippen LogP contribution in [0.1, 0.15) is 92.3 Å². The highest BCUT2D eigenvalue weighted by Crippen LogP contribution is 2.52. The van der Waals surface area contributed by atoms with E-state index in [2.05, 4.69) is 81.4 Å². The molecule has 0 bridgehead atoms. The molecule has 26 heavy (non-hydrogen) atoms. The van der Waals surface area contributed by atoms with Crippen LogP contribution < -0.4 is 4.52 Å². The lowest BCUT2D eigenvalue weighted by Gasteiger charge is -2.33. The van der Waals surface area contributed by atoms with Gasteiger partial charge >= 0.3 is 8.60 Å². The van der Waals surface area contributed by atoms with Crippen molar-refractivity contribution in [3.63, 3.8) is 0 Å². The van der Waals surface area contributed by atoms with Gasteiger partial charge in [0.15, 0.2) is 0 Å². The lowest BCUT2D eigenvalue weighted by Crippen LogP contribution is -2.22. The fourth-order valence-electron chi connectivity index (χ4n) is 2.92. The van der Waals surface area contributed by atoms with Crippen molar-refractivity contribution in [1.82, 2.24) is 0 Å². The van der Waals surface area contributed by atoms with Gasteiger partial charge in [-0.15, -0.1) is 0 Å². The van der Waals surface area contributed by atoms with Crippen molar-refractivity contribution < 1.29 is 13.6 Å². The molecule has 2 unspecified atom stereocenters. The van der Waals surface area contributed by atoms with Gasteiger partial charge < -0.3 is 4.52 Å². The predicted octanol–water partition coefficient (Wildman–Crippen LogP) is 7.01. The highest BCUT2D eigenvalue weighted by molar-refractivity contribution is 7.42. The number of hydrogen-bond acceptors (Lipinski definition) is 3. The Morgan fingerprint density at radius 1 is 0.923 bits per heavy atom. The molecule has 0 aromatic heterocycles. The fraction of sp³-hybridized carbons (Fsp3) is 0.727. The molecule has 3 nitrogen and oxygen atoms in total. The minimum absolute atomic E-state index is 0.0319. The molecule has 2 atom stereocenters. The van der Waals surface area contributed by atoms with E-state index in [1.807, 2.05) is 0 Å². The van der Waals surface area contributed by atoms with Crippen LogP contribution in [0.3, 0.4) is 0 Å². The summed E-state index contributed by atoms with van der Waals surface area (Å²) in [6.07, 6.45) is 1.09. The van der Waals surface area contributed by atoms with E-state index < -0.39 is 8.60 Å². The van der Waals surface area contributed by atoms with Crippen molar-refractivity contribution in [2.24, 2.45) is 0 Å². The molecule has 0 radical (unpaired) electrons. The van der Waals surface area contributed by atoms with E-state index in [0.29, 0.717) is 6.61 Å². The van der Waals surface area contributed by atoms with Crippen molar-refractivity contribution in [1.29, 1.82) is 0 Å². The number of benzene rings is 1. The minimum Gasteiger partial charge on any atom is -0.426 e. The van der Waals surface area contributed by atoms with Crippen molar-refractivity contribution in [2.75, 3.05) is 6.61 Å². The van der Waals surface area contributed by atoms with Crippen molar-refractivity contribution in [3.8, 4) is 5.75 Å². The molecule has 148 valence electrons. The summed E-state index contributed by atoms with van der Waals surface area (Å²) < 4.78 is 18.2. The summed E-state index contributed by atoms with van der Waals surface area (Å²) in [6.45, 7) is 23.0. The first-order valence-corrected chi connectivity index (χ1v) is 10.8. The summed E-state index contributed by atoms with van der Waals surface area (Å²) in [5.41, 5.74) is 3.81. The Morgan fingerprint density at radius 2 is 1.42 bits per heavy atom. The molecule has 1 aliphatic heterocycles. The van der Waals surface area contributed by atoms with E-state index in [-0.39, 0.29) is 22.3 Å². The van der Waals surface area contributed by atoms with Gasteiger partial charge in [0, 0.05) is 11.1 Å². The Bertz CT molecular complexity index is 597. The molecule has 4 heteroatoms. The van der Waals surface area contributed by atoms with E-state index in [9.17, 15) is 0 Å². The second-order valence-electron chi connectivity index (χ2n) is 10.4. The quantitative estimate of drug-likeness (QED) is 0.528. The number of rotatable bonds is 3. The molecule has 1 aromatic rings. The summed E-state index contributed by atoms with van der Waals surface area (Å²) in [4.78, 5) is 0. The fourth-order valence-corrected chi connectivity index (χ4v) is 4.16. The highest BCUT2D eigenvalue weighted by atomic mass is 31.2. The molecular weight excluding hydrogens is 343 g/mol. The van der Waals surface area contributed by atoms with Crippen LogP contribution in [0.25, 0.3) is 0 Å². The smallest absolute Gasteiger partial charge is 0.397 e. The average molecular weight is 381 g/mol. The molecule has 0 N–H and O–H groups in total. The van der Waals surface area contributed by atoms with E-state index in [1.54, 1.807) is 0 Å². The third-order valence-electron chi connectivity index (χ3n) is 4.79. The first-order valence-electron chi connectivity index (χ1n) is 9.70. The molecular formula is C22H37O3P. The molecule has 0 aliphatic carbocycles. The third kappa shape index (κ3) is 5.00. The SMILES string of the molecule is CCC1COP(Oc2c(C(C)(C)C)cc(C(C)(C)C)cc2C(C)(C)C)O1. The Morgan fingerprint density at radius 3 is 1.77 bits per heavy atom. The molecule has 1 fully saturated rings. The van der Waals surface area contributed by atoms with E-state index in [4.69, 9.17) is 13.6 Å². The van der Waals surface area contributed by atoms with Crippen LogP contribution in [0.4, 0.5) is 0 Å². The zero-order valence-electron chi connectivity index (χ0n) is 18.3. The van der Waals surface area contributed by atoms with Crippen molar-refractivity contribution in [2.45, 2.75) is 98.0 Å². The summed E-state index contributed by atoms with van der Waals surface area (Å²) in [5.74, 6) is 0.945. The lowest BCUT2D eigenvalue weighted by molar-refractivity contribution is 0.229. The second-order valence-corrected chi connectivity index (χ2v) is 11.5. The average Bonchev–Trinajstić information content (AvgIpc) is 2.91. The minimum atomic E-state index is -1.33. The van der Waals surface area contributed by atoms with Gasteiger partial charge in [0.2, 0.25) is 0 Å². The van der Waals surface area contributed by atoms with Gasteiger partial charge in [0.1, 0.15) is 5.75 Å². The van der Waals surface area contributed by atoms with Gasteiger partial charge in [-0.25, -0.2) is 0 Å². The van der Waals surface area contributed by atoms with Gasteiger partial charge in [-0.2, -0.15) is 0 Å². The standard InChI is InChI=1S/C22H37O3P/c1-11-16-14-23-26(24-16)25-19-17(21(5,6)7)12-15(20(2,3)4)13-18(19)22(8,9)10/h12-13,16H,11,14H2,1-10H3. The van der Waals surface area contributed by atoms with Crippen molar-refractivity contribution >= 4 is 8.60 Å². The van der Waals surface area contributed by atoms with Gasteiger partial charge in [0.25, 0.3) is 0 Å². The molecule has 1 aliphatic rings. The topological polar surface area (TPSA) is 27.7 Å². The van der Waals surface area contributed by atoms with Crippen LogP contribution in [0.2, 0.25) is 0 Å². The maximum Gasteiger partial charge on any atom is 0.397 e. The van der Waals surface area contributed by atoms with Crippen LogP contribution in [0.5, 0.6) is 5.75 Å². The monoisotopic (exact) mass is 380 g/mol. The maximum atomic E-state index is 6.41. The van der Waals surface area contributed by atoms with Crippen molar-refractivity contribution in [3.05, 3.63) is 28.8 Å². The molecule has 1 aromatic carbocycles. The zero-order chi connectivity index (χ0) is 19.9. The van der Waals surface area contributed by atoms with Crippen LogP contribution in [0, 0.1) is 0 Å². The lowest BCUT2D eigenvalue weighted by atomic mass is 9.75. The largest absolute Gasteiger partial charge is 0.426 e. The molecule has 1 saturated heterocycles. The molecule has 0 amide bonds. The Hall–Kier alpha value is -0.630. The molecule has 2 rings (SSSR count). The second kappa shape index (κ2) is 7.41. The zero-order valence-corrected chi connectivity index (χ0v) is 19.2. The van der Waals surface area contributed by atoms with Gasteiger partial charge in [-0.05, 0) is 28.2 Å². The van der Waals surface area contributed by atoms with Gasteiger partial charge in [0.05, 0.1) is 12.7 Å². The maximum absolute atomic E-state index is 6.41. The Kier molecular flexibility index (Phi) is 6.18. The van der Waals surface area contributed by atoms with E-state index in [0.717, 1.165) is 12.2 Å². The van der Waals surface area contributed by atoms with Gasteiger partial charge in [-0.3, -0.25) is 9.05 Å². The predicted molar refractivity (Wildman–Crippen MR) is 111 cm³/mol. The van der Waals surface area contributed by atoms with Crippen LogP contribution in [0.15, 0.2) is 12.1 Å². The van der Waals surface area contributed by atoms with Crippen LogP contribution in [-0.4, -0.2) is 12.7 Å². The Labute approximate surface area is 161 Å². The Balaban J connectivity index is 2.59. The normalized spacial score (nSPS) is 21.9. The molecule has 0 saturated carbocycles. The molecule has 0 spiro atoms.